The molecule has 0 aromatic heterocycles. The molecule has 2 aromatic carbocycles. The Labute approximate surface area is 141 Å². The van der Waals surface area contributed by atoms with Crippen molar-refractivity contribution in [3.63, 3.8) is 0 Å². The monoisotopic (exact) mass is 324 g/mol. The van der Waals surface area contributed by atoms with Gasteiger partial charge in [0.05, 0.1) is 6.42 Å². The lowest BCUT2D eigenvalue weighted by atomic mass is 9.95. The quantitative estimate of drug-likeness (QED) is 0.845. The molecule has 0 saturated heterocycles. The fourth-order valence-corrected chi connectivity index (χ4v) is 2.66. The maximum atomic E-state index is 12.4. The highest BCUT2D eigenvalue weighted by molar-refractivity contribution is 6.02. The molecule has 4 heteroatoms. The zero-order valence-electron chi connectivity index (χ0n) is 13.8. The number of hydrogen-bond donors (Lipinski definition) is 1. The normalized spacial score (nSPS) is 16.1. The van der Waals surface area contributed by atoms with Crippen molar-refractivity contribution in [1.29, 1.82) is 0 Å². The summed E-state index contributed by atoms with van der Waals surface area (Å²) in [5.41, 5.74) is 2.32. The molecule has 2 aromatic rings. The molecule has 0 bridgehead atoms. The third kappa shape index (κ3) is 3.43. The van der Waals surface area contributed by atoms with Crippen molar-refractivity contribution in [1.82, 2.24) is 0 Å². The summed E-state index contributed by atoms with van der Waals surface area (Å²) in [4.78, 5) is 12.4. The number of Topliss-reactive ketones (excluding diaryl/α,β-unsaturated/α-hetero) is 1. The van der Waals surface area contributed by atoms with Crippen LogP contribution >= 0.6 is 0 Å². The SMILES string of the molecule is CC(C)=CCOc1cc(O)c2c(c1)OC(c1ccccc1)CC2=O. The molecule has 24 heavy (non-hydrogen) atoms. The van der Waals surface area contributed by atoms with E-state index in [0.29, 0.717) is 18.1 Å². The number of phenols is 1. The Morgan fingerprint density at radius 1 is 1.29 bits per heavy atom. The summed E-state index contributed by atoms with van der Waals surface area (Å²) in [6.45, 7) is 4.37. The van der Waals surface area contributed by atoms with Crippen LogP contribution in [0, 0.1) is 0 Å². The van der Waals surface area contributed by atoms with Gasteiger partial charge < -0.3 is 14.6 Å². The number of phenolic OH excluding ortho intramolecular Hbond substituents is 1. The van der Waals surface area contributed by atoms with E-state index in [0.717, 1.165) is 11.1 Å². The summed E-state index contributed by atoms with van der Waals surface area (Å²) >= 11 is 0. The van der Waals surface area contributed by atoms with E-state index >= 15 is 0 Å². The zero-order valence-corrected chi connectivity index (χ0v) is 13.8. The first-order chi connectivity index (χ1) is 11.5. The van der Waals surface area contributed by atoms with Gasteiger partial charge in [0, 0.05) is 12.1 Å². The molecule has 0 aliphatic carbocycles. The highest BCUT2D eigenvalue weighted by Gasteiger charge is 2.30. The maximum absolute atomic E-state index is 12.4. The van der Waals surface area contributed by atoms with Crippen molar-refractivity contribution < 1.29 is 19.4 Å². The van der Waals surface area contributed by atoms with E-state index < -0.39 is 0 Å². The first-order valence-corrected chi connectivity index (χ1v) is 7.92. The van der Waals surface area contributed by atoms with Crippen LogP contribution in [0.2, 0.25) is 0 Å². The van der Waals surface area contributed by atoms with E-state index in [9.17, 15) is 9.90 Å². The van der Waals surface area contributed by atoms with Crippen molar-refractivity contribution >= 4 is 5.78 Å². The molecular weight excluding hydrogens is 304 g/mol. The molecule has 0 spiro atoms. The van der Waals surface area contributed by atoms with Gasteiger partial charge in [-0.2, -0.15) is 0 Å². The molecule has 4 nitrogen and oxygen atoms in total. The molecule has 1 heterocycles. The molecular formula is C20H20O4. The average Bonchev–Trinajstić information content (AvgIpc) is 2.54. The molecule has 1 aliphatic rings. The van der Waals surface area contributed by atoms with E-state index in [4.69, 9.17) is 9.47 Å². The van der Waals surface area contributed by atoms with Crippen LogP contribution in [0.15, 0.2) is 54.1 Å². The summed E-state index contributed by atoms with van der Waals surface area (Å²) in [5, 5.41) is 10.2. The minimum absolute atomic E-state index is 0.101. The Balaban J connectivity index is 1.88. The molecule has 1 N–H and O–H groups in total. The Hall–Kier alpha value is -2.75. The lowest BCUT2D eigenvalue weighted by molar-refractivity contribution is 0.0844. The molecule has 0 saturated carbocycles. The van der Waals surface area contributed by atoms with Gasteiger partial charge in [0.1, 0.15) is 35.5 Å². The van der Waals surface area contributed by atoms with E-state index in [1.54, 1.807) is 6.07 Å². The molecule has 0 amide bonds. The number of benzene rings is 2. The number of aromatic hydroxyl groups is 1. The fourth-order valence-electron chi connectivity index (χ4n) is 2.66. The average molecular weight is 324 g/mol. The standard InChI is InChI=1S/C20H20O4/c1-13(2)8-9-23-15-10-16(21)20-17(22)12-18(24-19(20)11-15)14-6-4-3-5-7-14/h3-8,10-11,18,21H,9,12H2,1-2H3. The van der Waals surface area contributed by atoms with Crippen molar-refractivity contribution in [2.24, 2.45) is 0 Å². The fraction of sp³-hybridized carbons (Fsp3) is 0.250. The molecule has 1 atom stereocenters. The first-order valence-electron chi connectivity index (χ1n) is 7.92. The van der Waals surface area contributed by atoms with Gasteiger partial charge in [0.25, 0.3) is 0 Å². The molecule has 1 aliphatic heterocycles. The van der Waals surface area contributed by atoms with Gasteiger partial charge >= 0.3 is 0 Å². The molecule has 3 rings (SSSR count). The topological polar surface area (TPSA) is 55.8 Å². The lowest BCUT2D eigenvalue weighted by Crippen LogP contribution is -2.20. The minimum Gasteiger partial charge on any atom is -0.507 e. The van der Waals surface area contributed by atoms with E-state index in [1.165, 1.54) is 6.07 Å². The number of carbonyl (C=O) groups is 1. The Bertz CT molecular complexity index is 774. The van der Waals surface area contributed by atoms with Gasteiger partial charge in [-0.25, -0.2) is 0 Å². The van der Waals surface area contributed by atoms with E-state index in [-0.39, 0.29) is 29.6 Å². The highest BCUT2D eigenvalue weighted by atomic mass is 16.5. The van der Waals surface area contributed by atoms with Crippen LogP contribution in [-0.4, -0.2) is 17.5 Å². The van der Waals surface area contributed by atoms with Crippen molar-refractivity contribution in [2.75, 3.05) is 6.61 Å². The van der Waals surface area contributed by atoms with Gasteiger partial charge in [-0.05, 0) is 25.5 Å². The third-order valence-electron chi connectivity index (χ3n) is 3.89. The second kappa shape index (κ2) is 6.79. The summed E-state index contributed by atoms with van der Waals surface area (Å²) < 4.78 is 11.6. The van der Waals surface area contributed by atoms with Gasteiger partial charge in [-0.1, -0.05) is 35.9 Å². The van der Waals surface area contributed by atoms with Crippen LogP contribution in [0.25, 0.3) is 0 Å². The number of carbonyl (C=O) groups excluding carboxylic acids is 1. The number of hydrogen-bond acceptors (Lipinski definition) is 4. The second-order valence-corrected chi connectivity index (χ2v) is 6.05. The molecule has 124 valence electrons. The Morgan fingerprint density at radius 2 is 2.04 bits per heavy atom. The summed E-state index contributed by atoms with van der Waals surface area (Å²) in [7, 11) is 0. The zero-order chi connectivity index (χ0) is 17.1. The maximum Gasteiger partial charge on any atom is 0.174 e. The van der Waals surface area contributed by atoms with Crippen LogP contribution in [0.3, 0.4) is 0 Å². The predicted molar refractivity (Wildman–Crippen MR) is 91.8 cm³/mol. The molecule has 0 radical (unpaired) electrons. The Morgan fingerprint density at radius 3 is 2.75 bits per heavy atom. The molecule has 1 unspecified atom stereocenters. The smallest absolute Gasteiger partial charge is 0.174 e. The number of rotatable bonds is 4. The number of ether oxygens (including phenoxy) is 2. The molecule has 0 fully saturated rings. The van der Waals surface area contributed by atoms with Crippen LogP contribution in [0.5, 0.6) is 17.2 Å². The van der Waals surface area contributed by atoms with Crippen molar-refractivity contribution in [3.05, 3.63) is 65.2 Å². The first kappa shape index (κ1) is 16.1. The van der Waals surface area contributed by atoms with Crippen LogP contribution in [0.1, 0.15) is 42.3 Å². The number of fused-ring (bicyclic) bond motifs is 1. The Kier molecular flexibility index (Phi) is 4.56. The van der Waals surface area contributed by atoms with Gasteiger partial charge in [0.15, 0.2) is 5.78 Å². The number of allylic oxidation sites excluding steroid dienone is 1. The lowest BCUT2D eigenvalue weighted by Gasteiger charge is -2.26. The highest BCUT2D eigenvalue weighted by Crippen LogP contribution is 2.41. The minimum atomic E-state index is -0.348. The second-order valence-electron chi connectivity index (χ2n) is 6.05. The van der Waals surface area contributed by atoms with Crippen molar-refractivity contribution in [2.45, 2.75) is 26.4 Å². The van der Waals surface area contributed by atoms with Gasteiger partial charge in [0.2, 0.25) is 0 Å². The van der Waals surface area contributed by atoms with Crippen molar-refractivity contribution in [3.8, 4) is 17.2 Å². The van der Waals surface area contributed by atoms with Gasteiger partial charge in [-0.15, -0.1) is 0 Å². The summed E-state index contributed by atoms with van der Waals surface area (Å²) in [6.07, 6.45) is 1.80. The van der Waals surface area contributed by atoms with Crippen LogP contribution in [0.4, 0.5) is 0 Å². The largest absolute Gasteiger partial charge is 0.507 e. The summed E-state index contributed by atoms with van der Waals surface area (Å²) in [5.74, 6) is 0.618. The van der Waals surface area contributed by atoms with Crippen LogP contribution in [-0.2, 0) is 0 Å². The van der Waals surface area contributed by atoms with E-state index in [2.05, 4.69) is 0 Å². The van der Waals surface area contributed by atoms with E-state index in [1.807, 2.05) is 50.3 Å². The van der Waals surface area contributed by atoms with Crippen LogP contribution < -0.4 is 9.47 Å². The van der Waals surface area contributed by atoms with Gasteiger partial charge in [-0.3, -0.25) is 4.79 Å². The number of ketones is 1. The third-order valence-corrected chi connectivity index (χ3v) is 3.89. The summed E-state index contributed by atoms with van der Waals surface area (Å²) in [6, 6.07) is 12.7. The predicted octanol–water partition coefficient (Wildman–Crippen LogP) is 4.44.